The highest BCUT2D eigenvalue weighted by Gasteiger charge is 2.26. The molecule has 0 aliphatic heterocycles. The van der Waals surface area contributed by atoms with Gasteiger partial charge >= 0.3 is 11.9 Å². The molecule has 27 heavy (non-hydrogen) atoms. The summed E-state index contributed by atoms with van der Waals surface area (Å²) in [5, 5.41) is 25.5. The number of hydrogen-bond donors (Lipinski definition) is 4. The summed E-state index contributed by atoms with van der Waals surface area (Å²) in [7, 11) is 0. The van der Waals surface area contributed by atoms with Crippen molar-refractivity contribution in [2.45, 2.75) is 0 Å². The van der Waals surface area contributed by atoms with Crippen molar-refractivity contribution in [1.82, 2.24) is 0 Å². The number of carboxylic acids is 2. The fourth-order valence-corrected chi connectivity index (χ4v) is 3.46. The highest BCUT2D eigenvalue weighted by Crippen LogP contribution is 2.36. The molecule has 3 rings (SSSR count). The number of anilines is 4. The number of rotatable bonds is 6. The van der Waals surface area contributed by atoms with Gasteiger partial charge in [0.25, 0.3) is 0 Å². The van der Waals surface area contributed by atoms with Crippen LogP contribution < -0.4 is 10.6 Å². The van der Waals surface area contributed by atoms with Gasteiger partial charge in [-0.2, -0.15) is 0 Å². The number of halogens is 1. The van der Waals surface area contributed by atoms with Crippen molar-refractivity contribution >= 4 is 57.3 Å². The molecule has 4 N–H and O–H groups in total. The standard InChI is InChI=1S/C20H15IN2O4/c21-14-11-15(22-12-7-3-1-4-8-12)17(20(26)27)18(16(14)19(24)25)23-13-9-5-2-6-10-13/h1-11,22-23H,(H,24,25)(H,26,27). The van der Waals surface area contributed by atoms with Gasteiger partial charge in [-0.25, -0.2) is 9.59 Å². The van der Waals surface area contributed by atoms with Gasteiger partial charge in [-0.1, -0.05) is 36.4 Å². The van der Waals surface area contributed by atoms with Crippen molar-refractivity contribution in [1.29, 1.82) is 0 Å². The molecular formula is C20H15IN2O4. The first-order chi connectivity index (χ1) is 13.0. The first-order valence-corrected chi connectivity index (χ1v) is 9.02. The smallest absolute Gasteiger partial charge is 0.339 e. The van der Waals surface area contributed by atoms with E-state index in [4.69, 9.17) is 0 Å². The normalized spacial score (nSPS) is 10.3. The van der Waals surface area contributed by atoms with E-state index in [9.17, 15) is 19.8 Å². The second-order valence-corrected chi connectivity index (χ2v) is 6.79. The Kier molecular flexibility index (Phi) is 5.60. The predicted molar refractivity (Wildman–Crippen MR) is 113 cm³/mol. The van der Waals surface area contributed by atoms with Gasteiger partial charge in [-0.15, -0.1) is 0 Å². The summed E-state index contributed by atoms with van der Waals surface area (Å²) in [5.41, 5.74) is 1.41. The molecule has 7 heteroatoms. The maximum absolute atomic E-state index is 12.0. The van der Waals surface area contributed by atoms with Crippen molar-refractivity contribution in [3.63, 3.8) is 0 Å². The summed E-state index contributed by atoms with van der Waals surface area (Å²) in [6.45, 7) is 0. The molecule has 6 nitrogen and oxygen atoms in total. The van der Waals surface area contributed by atoms with E-state index in [1.165, 1.54) is 6.07 Å². The number of hydrogen-bond acceptors (Lipinski definition) is 4. The molecule has 136 valence electrons. The van der Waals surface area contributed by atoms with E-state index in [1.54, 1.807) is 36.4 Å². The van der Waals surface area contributed by atoms with Crippen molar-refractivity contribution < 1.29 is 19.8 Å². The van der Waals surface area contributed by atoms with Crippen LogP contribution in [-0.4, -0.2) is 22.2 Å². The Hall–Kier alpha value is -3.07. The van der Waals surface area contributed by atoms with Gasteiger partial charge in [0.2, 0.25) is 0 Å². The third-order valence-corrected chi connectivity index (χ3v) is 4.65. The van der Waals surface area contributed by atoms with E-state index < -0.39 is 11.9 Å². The zero-order valence-electron chi connectivity index (χ0n) is 13.9. The highest BCUT2D eigenvalue weighted by atomic mass is 127. The average Bonchev–Trinajstić information content (AvgIpc) is 2.62. The summed E-state index contributed by atoms with van der Waals surface area (Å²) < 4.78 is 0.418. The van der Waals surface area contributed by atoms with Crippen LogP contribution in [0, 0.1) is 3.57 Å². The van der Waals surface area contributed by atoms with E-state index >= 15 is 0 Å². The first kappa shape index (κ1) is 18.7. The molecule has 0 spiro atoms. The lowest BCUT2D eigenvalue weighted by Crippen LogP contribution is -2.14. The number of para-hydroxylation sites is 2. The van der Waals surface area contributed by atoms with Crippen LogP contribution in [0.3, 0.4) is 0 Å². The Morgan fingerprint density at radius 2 is 1.22 bits per heavy atom. The molecular weight excluding hydrogens is 459 g/mol. The molecule has 0 saturated heterocycles. The molecule has 0 fully saturated rings. The molecule has 0 amide bonds. The van der Waals surface area contributed by atoms with Crippen molar-refractivity contribution in [3.8, 4) is 0 Å². The second-order valence-electron chi connectivity index (χ2n) is 5.62. The minimum absolute atomic E-state index is 0.0338. The first-order valence-electron chi connectivity index (χ1n) is 7.94. The number of aromatic carboxylic acids is 2. The molecule has 0 aliphatic rings. The molecule has 0 aliphatic carbocycles. The monoisotopic (exact) mass is 474 g/mol. The number of benzene rings is 3. The molecule has 0 aromatic heterocycles. The van der Waals surface area contributed by atoms with E-state index in [0.717, 1.165) is 0 Å². The summed E-state index contributed by atoms with van der Waals surface area (Å²) in [6, 6.07) is 19.5. The van der Waals surface area contributed by atoms with E-state index in [0.29, 0.717) is 20.6 Å². The Balaban J connectivity index is 2.20. The summed E-state index contributed by atoms with van der Waals surface area (Å²) in [5.74, 6) is -2.43. The SMILES string of the molecule is O=C(O)c1c(I)cc(Nc2ccccc2)c(C(=O)O)c1Nc1ccccc1. The number of nitrogens with one attached hydrogen (secondary N) is 2. The maximum atomic E-state index is 12.0. The van der Waals surface area contributed by atoms with Crippen LogP contribution in [0.25, 0.3) is 0 Å². The molecule has 0 unspecified atom stereocenters. The third kappa shape index (κ3) is 4.20. The van der Waals surface area contributed by atoms with Crippen molar-refractivity contribution in [2.75, 3.05) is 10.6 Å². The molecule has 0 radical (unpaired) electrons. The van der Waals surface area contributed by atoms with Gasteiger partial charge in [0, 0.05) is 14.9 Å². The Morgan fingerprint density at radius 3 is 1.70 bits per heavy atom. The minimum Gasteiger partial charge on any atom is -0.478 e. The lowest BCUT2D eigenvalue weighted by molar-refractivity contribution is 0.0695. The van der Waals surface area contributed by atoms with E-state index in [-0.39, 0.29) is 16.8 Å². The van der Waals surface area contributed by atoms with Crippen LogP contribution in [0.2, 0.25) is 0 Å². The van der Waals surface area contributed by atoms with Gasteiger partial charge in [0.15, 0.2) is 0 Å². The fourth-order valence-electron chi connectivity index (χ4n) is 2.65. The third-order valence-electron chi connectivity index (χ3n) is 3.80. The quantitative estimate of drug-likeness (QED) is 0.368. The van der Waals surface area contributed by atoms with Crippen LogP contribution in [0.5, 0.6) is 0 Å². The zero-order valence-corrected chi connectivity index (χ0v) is 16.1. The van der Waals surface area contributed by atoms with Crippen LogP contribution in [0.4, 0.5) is 22.7 Å². The Morgan fingerprint density at radius 1 is 0.741 bits per heavy atom. The van der Waals surface area contributed by atoms with Gasteiger partial charge in [-0.05, 0) is 52.9 Å². The van der Waals surface area contributed by atoms with E-state index in [2.05, 4.69) is 10.6 Å². The van der Waals surface area contributed by atoms with Gasteiger partial charge in [0.1, 0.15) is 5.56 Å². The lowest BCUT2D eigenvalue weighted by atomic mass is 10.0. The number of carbonyl (C=O) groups is 2. The van der Waals surface area contributed by atoms with E-state index in [1.807, 2.05) is 46.9 Å². The van der Waals surface area contributed by atoms with Gasteiger partial charge in [0.05, 0.1) is 16.9 Å². The molecule has 0 atom stereocenters. The van der Waals surface area contributed by atoms with Gasteiger partial charge in [-0.3, -0.25) is 0 Å². The van der Waals surface area contributed by atoms with Crippen LogP contribution in [-0.2, 0) is 0 Å². The summed E-state index contributed by atoms with van der Waals surface area (Å²) in [6.07, 6.45) is 0. The maximum Gasteiger partial charge on any atom is 0.339 e. The molecule has 0 heterocycles. The number of carboxylic acid groups (broad SMARTS) is 2. The second kappa shape index (κ2) is 8.09. The molecule has 3 aromatic carbocycles. The lowest BCUT2D eigenvalue weighted by Gasteiger charge is -2.19. The molecule has 3 aromatic rings. The molecule has 0 bridgehead atoms. The predicted octanol–water partition coefficient (Wildman–Crippen LogP) is 5.17. The average molecular weight is 474 g/mol. The van der Waals surface area contributed by atoms with Crippen LogP contribution >= 0.6 is 22.6 Å². The van der Waals surface area contributed by atoms with Crippen molar-refractivity contribution in [2.24, 2.45) is 0 Å². The van der Waals surface area contributed by atoms with Crippen molar-refractivity contribution in [3.05, 3.63) is 81.4 Å². The largest absolute Gasteiger partial charge is 0.478 e. The Labute approximate surface area is 169 Å². The summed E-state index contributed by atoms with van der Waals surface area (Å²) >= 11 is 1.90. The van der Waals surface area contributed by atoms with Gasteiger partial charge < -0.3 is 20.8 Å². The zero-order chi connectivity index (χ0) is 19.4. The van der Waals surface area contributed by atoms with Crippen LogP contribution in [0.1, 0.15) is 20.7 Å². The van der Waals surface area contributed by atoms with Crippen LogP contribution in [0.15, 0.2) is 66.7 Å². The molecule has 0 saturated carbocycles. The Bertz CT molecular complexity index is 992. The summed E-state index contributed by atoms with van der Waals surface area (Å²) in [4.78, 5) is 23.9. The highest BCUT2D eigenvalue weighted by molar-refractivity contribution is 14.1. The topological polar surface area (TPSA) is 98.7 Å². The fraction of sp³-hybridized carbons (Fsp3) is 0. The minimum atomic E-state index is -1.23.